The Labute approximate surface area is 145 Å². The van der Waals surface area contributed by atoms with E-state index in [0.29, 0.717) is 11.4 Å². The molecule has 7 nitrogen and oxygen atoms in total. The Kier molecular flexibility index (Phi) is 7.62. The average molecular weight is 381 g/mol. The number of nitrogens with zero attached hydrogens (tertiary/aromatic N) is 1. The van der Waals surface area contributed by atoms with Gasteiger partial charge >= 0.3 is 0 Å². The fourth-order valence-corrected chi connectivity index (χ4v) is 4.79. The Morgan fingerprint density at radius 1 is 1.48 bits per heavy atom. The van der Waals surface area contributed by atoms with Gasteiger partial charge in [0.15, 0.2) is 9.92 Å². The highest BCUT2D eigenvalue weighted by Crippen LogP contribution is 2.25. The van der Waals surface area contributed by atoms with Crippen molar-refractivity contribution in [3.05, 3.63) is 16.5 Å². The second-order valence-corrected chi connectivity index (χ2v) is 8.82. The maximum Gasteiger partial charge on any atom is 0.272 e. The van der Waals surface area contributed by atoms with E-state index in [1.165, 1.54) is 6.07 Å². The van der Waals surface area contributed by atoms with Gasteiger partial charge in [0.25, 0.3) is 5.91 Å². The van der Waals surface area contributed by atoms with E-state index in [2.05, 4.69) is 9.08 Å². The van der Waals surface area contributed by atoms with Crippen molar-refractivity contribution >= 4 is 44.7 Å². The van der Waals surface area contributed by atoms with E-state index in [1.807, 2.05) is 13.8 Å². The summed E-state index contributed by atoms with van der Waals surface area (Å²) in [5.74, 6) is -1.10. The van der Waals surface area contributed by atoms with Gasteiger partial charge in [-0.2, -0.15) is 0 Å². The quantitative estimate of drug-likeness (QED) is 0.660. The van der Waals surface area contributed by atoms with Crippen molar-refractivity contribution in [2.45, 2.75) is 36.9 Å². The molecule has 10 heteroatoms. The molecule has 1 aromatic heterocycles. The number of hydrogen-bond donors (Lipinski definition) is 3. The van der Waals surface area contributed by atoms with Crippen LogP contribution in [0.1, 0.15) is 26.7 Å². The maximum absolute atomic E-state index is 13.0. The molecule has 1 rings (SSSR count). The number of carbonyl (C=O) groups excluding carboxylic acids is 2. The molecule has 0 bridgehead atoms. The highest BCUT2D eigenvalue weighted by atomic mass is 35.5. The average Bonchev–Trinajstić information content (AvgIpc) is 2.85. The molecule has 0 saturated heterocycles. The Morgan fingerprint density at radius 3 is 2.61 bits per heavy atom. The third kappa shape index (κ3) is 6.19. The molecule has 0 fully saturated rings. The molecule has 0 aromatic carbocycles. The van der Waals surface area contributed by atoms with Crippen molar-refractivity contribution in [2.24, 2.45) is 21.7 Å². The minimum atomic E-state index is -3.47. The lowest BCUT2D eigenvalue weighted by atomic mass is 10.0. The number of rotatable bonds is 7. The molecule has 2 atom stereocenters. The lowest BCUT2D eigenvalue weighted by Gasteiger charge is -2.13. The topological polar surface area (TPSA) is 128 Å². The molecular formula is C13H21ClN4O3S2. The van der Waals surface area contributed by atoms with Crippen molar-refractivity contribution in [2.75, 3.05) is 6.54 Å². The van der Waals surface area contributed by atoms with Crippen LogP contribution in [0.4, 0.5) is 0 Å². The Hall–Kier alpha value is -1.000. The summed E-state index contributed by atoms with van der Waals surface area (Å²) in [6.45, 7) is 3.91. The standard InChI is InChI=1S/C13H21ClN4O3S2/c1-8(2)5-10(16)13(20)18-23(21,17-11(19)3-4-15)12-6-9(14)7-22-12/h6-8,10H,3-5,15-16H2,1-2H3,(H,17,18,19,20,21)/t10-,23?/m0/s1. The molecular weight excluding hydrogens is 360 g/mol. The van der Waals surface area contributed by atoms with Crippen molar-refractivity contribution in [1.29, 1.82) is 0 Å². The minimum absolute atomic E-state index is 0.0299. The van der Waals surface area contributed by atoms with Crippen LogP contribution in [0.5, 0.6) is 0 Å². The zero-order valence-electron chi connectivity index (χ0n) is 13.0. The van der Waals surface area contributed by atoms with E-state index in [0.717, 1.165) is 11.3 Å². The SMILES string of the molecule is CC(C)C[C@H](N)C(=O)N=S(=O)(NC(=O)CCN)c1cc(Cl)cs1. The number of nitrogens with two attached hydrogens (primary N) is 2. The molecule has 0 radical (unpaired) electrons. The summed E-state index contributed by atoms with van der Waals surface area (Å²) in [5.41, 5.74) is 11.1. The predicted molar refractivity (Wildman–Crippen MR) is 92.4 cm³/mol. The van der Waals surface area contributed by atoms with E-state index in [9.17, 15) is 13.8 Å². The number of hydrogen-bond acceptors (Lipinski definition) is 6. The van der Waals surface area contributed by atoms with Gasteiger partial charge in [-0.05, 0) is 18.4 Å². The Bertz CT molecular complexity index is 681. The lowest BCUT2D eigenvalue weighted by molar-refractivity contribution is -0.119. The van der Waals surface area contributed by atoms with Crippen LogP contribution < -0.4 is 16.2 Å². The van der Waals surface area contributed by atoms with Gasteiger partial charge in [-0.1, -0.05) is 25.4 Å². The van der Waals surface area contributed by atoms with Gasteiger partial charge in [-0.25, -0.2) is 4.21 Å². The summed E-state index contributed by atoms with van der Waals surface area (Å²) in [7, 11) is -3.47. The monoisotopic (exact) mass is 380 g/mol. The van der Waals surface area contributed by atoms with Gasteiger partial charge < -0.3 is 11.5 Å². The summed E-state index contributed by atoms with van der Waals surface area (Å²) in [5, 5.41) is 1.89. The molecule has 23 heavy (non-hydrogen) atoms. The molecule has 0 aliphatic rings. The van der Waals surface area contributed by atoms with E-state index < -0.39 is 27.8 Å². The predicted octanol–water partition coefficient (Wildman–Crippen LogP) is 1.51. The van der Waals surface area contributed by atoms with Crippen molar-refractivity contribution in [3.8, 4) is 0 Å². The normalized spacial score (nSPS) is 15.0. The van der Waals surface area contributed by atoms with Gasteiger partial charge in [0, 0.05) is 18.3 Å². The van der Waals surface area contributed by atoms with E-state index in [4.69, 9.17) is 23.1 Å². The zero-order chi connectivity index (χ0) is 17.6. The van der Waals surface area contributed by atoms with Crippen LogP contribution in [0.25, 0.3) is 0 Å². The first kappa shape index (κ1) is 20.0. The van der Waals surface area contributed by atoms with E-state index >= 15 is 0 Å². The van der Waals surface area contributed by atoms with Crippen LogP contribution >= 0.6 is 22.9 Å². The van der Waals surface area contributed by atoms with Crippen LogP contribution in [-0.4, -0.2) is 28.6 Å². The molecule has 1 unspecified atom stereocenters. The van der Waals surface area contributed by atoms with E-state index in [-0.39, 0.29) is 23.1 Å². The Morgan fingerprint density at radius 2 is 2.13 bits per heavy atom. The van der Waals surface area contributed by atoms with Crippen LogP contribution in [0, 0.1) is 5.92 Å². The number of amides is 2. The Balaban J connectivity index is 3.18. The summed E-state index contributed by atoms with van der Waals surface area (Å²) in [6.07, 6.45) is 0.373. The van der Waals surface area contributed by atoms with Crippen LogP contribution in [0.2, 0.25) is 5.02 Å². The molecule has 130 valence electrons. The lowest BCUT2D eigenvalue weighted by Crippen LogP contribution is -2.35. The molecule has 1 heterocycles. The number of thiophene rings is 1. The molecule has 0 aliphatic carbocycles. The highest BCUT2D eigenvalue weighted by molar-refractivity contribution is 7.94. The third-order valence-corrected chi connectivity index (χ3v) is 6.34. The van der Waals surface area contributed by atoms with Gasteiger partial charge in [0.05, 0.1) is 11.1 Å². The van der Waals surface area contributed by atoms with Crippen LogP contribution in [0.3, 0.4) is 0 Å². The molecule has 0 spiro atoms. The second kappa shape index (κ2) is 8.74. The fourth-order valence-electron chi connectivity index (χ4n) is 1.70. The van der Waals surface area contributed by atoms with Gasteiger partial charge in [0.1, 0.15) is 4.21 Å². The van der Waals surface area contributed by atoms with Crippen LogP contribution in [0.15, 0.2) is 20.0 Å². The van der Waals surface area contributed by atoms with E-state index in [1.54, 1.807) is 5.38 Å². The fraction of sp³-hybridized carbons (Fsp3) is 0.538. The first-order valence-electron chi connectivity index (χ1n) is 6.99. The first-order valence-corrected chi connectivity index (χ1v) is 9.76. The summed E-state index contributed by atoms with van der Waals surface area (Å²) >= 11 is 6.88. The summed E-state index contributed by atoms with van der Waals surface area (Å²) < 4.78 is 19.2. The second-order valence-electron chi connectivity index (χ2n) is 5.34. The number of halogens is 1. The number of nitrogens with one attached hydrogen (secondary N) is 1. The van der Waals surface area contributed by atoms with Crippen molar-refractivity contribution in [1.82, 2.24) is 4.72 Å². The van der Waals surface area contributed by atoms with Gasteiger partial charge in [-0.15, -0.1) is 15.7 Å². The van der Waals surface area contributed by atoms with Gasteiger partial charge in [0.2, 0.25) is 5.91 Å². The summed E-state index contributed by atoms with van der Waals surface area (Å²) in [6, 6.07) is 0.528. The molecule has 5 N–H and O–H groups in total. The van der Waals surface area contributed by atoms with Crippen molar-refractivity contribution < 1.29 is 13.8 Å². The zero-order valence-corrected chi connectivity index (χ0v) is 15.3. The van der Waals surface area contributed by atoms with Gasteiger partial charge in [-0.3, -0.25) is 14.3 Å². The smallest absolute Gasteiger partial charge is 0.272 e. The molecule has 1 aromatic rings. The molecule has 2 amide bonds. The molecule has 0 aliphatic heterocycles. The number of carbonyl (C=O) groups is 2. The maximum atomic E-state index is 13.0. The summed E-state index contributed by atoms with van der Waals surface area (Å²) in [4.78, 5) is 23.9. The van der Waals surface area contributed by atoms with Crippen LogP contribution in [-0.2, 0) is 19.5 Å². The highest BCUT2D eigenvalue weighted by Gasteiger charge is 2.23. The minimum Gasteiger partial charge on any atom is -0.330 e. The largest absolute Gasteiger partial charge is 0.330 e. The molecule has 0 saturated carbocycles. The first-order chi connectivity index (χ1) is 10.7. The van der Waals surface area contributed by atoms with Crippen molar-refractivity contribution in [3.63, 3.8) is 0 Å². The third-order valence-electron chi connectivity index (χ3n) is 2.70.